The molecule has 3 unspecified atom stereocenters. The van der Waals surface area contributed by atoms with Crippen LogP contribution in [0.4, 0.5) is 0 Å². The molecule has 3 nitrogen and oxygen atoms in total. The lowest BCUT2D eigenvalue weighted by Crippen LogP contribution is -2.54. The highest BCUT2D eigenvalue weighted by molar-refractivity contribution is 5.82. The fraction of sp³-hybridized carbons (Fsp3) is 0.944. The largest absolute Gasteiger partial charge is 0.338 e. The number of carbonyl (C=O) groups excluding carboxylic acids is 1. The van der Waals surface area contributed by atoms with Gasteiger partial charge in [0.1, 0.15) is 0 Å². The van der Waals surface area contributed by atoms with Crippen LogP contribution in [0, 0.1) is 11.8 Å². The number of nitrogens with one attached hydrogen (secondary N) is 1. The zero-order valence-corrected chi connectivity index (χ0v) is 13.2. The Morgan fingerprint density at radius 2 is 1.57 bits per heavy atom. The minimum absolute atomic E-state index is 0.138. The fourth-order valence-electron chi connectivity index (χ4n) is 5.61. The number of hydrogen-bond acceptors (Lipinski definition) is 2. The van der Waals surface area contributed by atoms with E-state index in [-0.39, 0.29) is 6.04 Å². The number of hydrogen-bond donors (Lipinski definition) is 1. The van der Waals surface area contributed by atoms with E-state index in [1.54, 1.807) is 0 Å². The van der Waals surface area contributed by atoms with Gasteiger partial charge in [-0.2, -0.15) is 0 Å². The fourth-order valence-corrected chi connectivity index (χ4v) is 5.61. The second-order valence-electron chi connectivity index (χ2n) is 7.89. The Kier molecular flexibility index (Phi) is 3.95. The summed E-state index contributed by atoms with van der Waals surface area (Å²) in [6.07, 6.45) is 14.4. The molecule has 4 fully saturated rings. The third kappa shape index (κ3) is 2.62. The zero-order chi connectivity index (χ0) is 14.2. The van der Waals surface area contributed by atoms with Crippen molar-refractivity contribution in [2.45, 2.75) is 88.8 Å². The van der Waals surface area contributed by atoms with E-state index in [0.717, 1.165) is 24.8 Å². The van der Waals surface area contributed by atoms with Gasteiger partial charge < -0.3 is 10.2 Å². The first-order chi connectivity index (χ1) is 10.3. The van der Waals surface area contributed by atoms with Crippen molar-refractivity contribution in [3.05, 3.63) is 0 Å². The Morgan fingerprint density at radius 1 is 0.857 bits per heavy atom. The third-order valence-electron chi connectivity index (χ3n) is 6.69. The molecular formula is C18H30N2O. The Hall–Kier alpha value is -0.570. The highest BCUT2D eigenvalue weighted by Gasteiger charge is 2.43. The number of amides is 1. The molecule has 0 spiro atoms. The smallest absolute Gasteiger partial charge is 0.239 e. The lowest BCUT2D eigenvalue weighted by Gasteiger charge is -2.45. The SMILES string of the molecule is O=C(C1CC2CCCCC2N1)N1CCC[C@H]2CCCC[C@H]21. The van der Waals surface area contributed by atoms with Crippen molar-refractivity contribution in [3.63, 3.8) is 0 Å². The molecule has 5 atom stereocenters. The van der Waals surface area contributed by atoms with Crippen LogP contribution in [-0.2, 0) is 4.79 Å². The Balaban J connectivity index is 1.44. The maximum Gasteiger partial charge on any atom is 0.239 e. The van der Waals surface area contributed by atoms with Crippen LogP contribution in [0.2, 0.25) is 0 Å². The van der Waals surface area contributed by atoms with Crippen molar-refractivity contribution in [1.29, 1.82) is 0 Å². The average molecular weight is 290 g/mol. The van der Waals surface area contributed by atoms with E-state index in [4.69, 9.17) is 0 Å². The summed E-state index contributed by atoms with van der Waals surface area (Å²) in [4.78, 5) is 15.4. The molecular weight excluding hydrogens is 260 g/mol. The number of piperidine rings is 1. The van der Waals surface area contributed by atoms with Crippen LogP contribution in [-0.4, -0.2) is 35.5 Å². The van der Waals surface area contributed by atoms with Crippen LogP contribution in [0.1, 0.15) is 70.6 Å². The van der Waals surface area contributed by atoms with Gasteiger partial charge in [-0.1, -0.05) is 25.7 Å². The van der Waals surface area contributed by atoms with Crippen molar-refractivity contribution in [3.8, 4) is 0 Å². The Labute approximate surface area is 128 Å². The Bertz CT molecular complexity index is 381. The van der Waals surface area contributed by atoms with Gasteiger partial charge in [-0.3, -0.25) is 4.79 Å². The number of carbonyl (C=O) groups is 1. The van der Waals surface area contributed by atoms with Crippen molar-refractivity contribution in [2.24, 2.45) is 11.8 Å². The molecule has 118 valence electrons. The van der Waals surface area contributed by atoms with Gasteiger partial charge in [-0.05, 0) is 56.8 Å². The van der Waals surface area contributed by atoms with E-state index in [1.807, 2.05) is 0 Å². The molecule has 0 bridgehead atoms. The van der Waals surface area contributed by atoms with E-state index < -0.39 is 0 Å². The van der Waals surface area contributed by atoms with Crippen LogP contribution in [0.5, 0.6) is 0 Å². The van der Waals surface area contributed by atoms with Gasteiger partial charge in [0.05, 0.1) is 6.04 Å². The van der Waals surface area contributed by atoms with E-state index in [9.17, 15) is 4.79 Å². The summed E-state index contributed by atoms with van der Waals surface area (Å²) in [5.74, 6) is 2.03. The topological polar surface area (TPSA) is 32.3 Å². The summed E-state index contributed by atoms with van der Waals surface area (Å²) < 4.78 is 0. The molecule has 0 radical (unpaired) electrons. The standard InChI is InChI=1S/C18H30N2O/c21-18(16-12-14-7-1-3-9-15(14)19-16)20-11-5-8-13-6-2-4-10-17(13)20/h13-17,19H,1-12H2/t13-,14?,15?,16?,17-/m1/s1. The minimum atomic E-state index is 0.138. The highest BCUT2D eigenvalue weighted by Crippen LogP contribution is 2.38. The molecule has 4 rings (SSSR count). The molecule has 2 aliphatic carbocycles. The second-order valence-corrected chi connectivity index (χ2v) is 7.89. The van der Waals surface area contributed by atoms with Crippen LogP contribution >= 0.6 is 0 Å². The number of nitrogens with zero attached hydrogens (tertiary/aromatic N) is 1. The highest BCUT2D eigenvalue weighted by atomic mass is 16.2. The van der Waals surface area contributed by atoms with Crippen molar-refractivity contribution in [2.75, 3.05) is 6.54 Å². The van der Waals surface area contributed by atoms with Crippen LogP contribution < -0.4 is 5.32 Å². The lowest BCUT2D eigenvalue weighted by molar-refractivity contribution is -0.139. The lowest BCUT2D eigenvalue weighted by atomic mass is 9.78. The van der Waals surface area contributed by atoms with Crippen molar-refractivity contribution >= 4 is 5.91 Å². The molecule has 3 heteroatoms. The zero-order valence-electron chi connectivity index (χ0n) is 13.2. The van der Waals surface area contributed by atoms with Gasteiger partial charge in [0.2, 0.25) is 5.91 Å². The number of fused-ring (bicyclic) bond motifs is 2. The molecule has 2 saturated carbocycles. The third-order valence-corrected chi connectivity index (χ3v) is 6.69. The Morgan fingerprint density at radius 3 is 2.43 bits per heavy atom. The normalized spacial score (nSPS) is 43.2. The first-order valence-electron chi connectivity index (χ1n) is 9.39. The first-order valence-corrected chi connectivity index (χ1v) is 9.39. The molecule has 1 N–H and O–H groups in total. The van der Waals surface area contributed by atoms with E-state index in [2.05, 4.69) is 10.2 Å². The quantitative estimate of drug-likeness (QED) is 0.805. The predicted octanol–water partition coefficient (Wildman–Crippen LogP) is 3.09. The summed E-state index contributed by atoms with van der Waals surface area (Å²) in [5, 5.41) is 3.69. The molecule has 2 heterocycles. The maximum atomic E-state index is 13.1. The van der Waals surface area contributed by atoms with Gasteiger partial charge in [0.25, 0.3) is 0 Å². The molecule has 2 aliphatic heterocycles. The summed E-state index contributed by atoms with van der Waals surface area (Å²) in [6, 6.07) is 1.35. The monoisotopic (exact) mass is 290 g/mol. The van der Waals surface area contributed by atoms with E-state index in [0.29, 0.717) is 18.0 Å². The molecule has 0 aromatic rings. The first kappa shape index (κ1) is 14.0. The summed E-state index contributed by atoms with van der Waals surface area (Å²) in [7, 11) is 0. The summed E-state index contributed by atoms with van der Waals surface area (Å²) >= 11 is 0. The molecule has 0 aromatic carbocycles. The average Bonchev–Trinajstić information content (AvgIpc) is 2.97. The van der Waals surface area contributed by atoms with E-state index in [1.165, 1.54) is 64.2 Å². The van der Waals surface area contributed by atoms with Crippen molar-refractivity contribution < 1.29 is 4.79 Å². The molecule has 0 aromatic heterocycles. The van der Waals surface area contributed by atoms with Gasteiger partial charge in [0, 0.05) is 18.6 Å². The van der Waals surface area contributed by atoms with Gasteiger partial charge >= 0.3 is 0 Å². The van der Waals surface area contributed by atoms with Crippen LogP contribution in [0.15, 0.2) is 0 Å². The van der Waals surface area contributed by atoms with E-state index >= 15 is 0 Å². The summed E-state index contributed by atoms with van der Waals surface area (Å²) in [5.41, 5.74) is 0. The van der Waals surface area contributed by atoms with Gasteiger partial charge in [0.15, 0.2) is 0 Å². The van der Waals surface area contributed by atoms with Crippen molar-refractivity contribution in [1.82, 2.24) is 10.2 Å². The summed E-state index contributed by atoms with van der Waals surface area (Å²) in [6.45, 7) is 1.02. The molecule has 21 heavy (non-hydrogen) atoms. The minimum Gasteiger partial charge on any atom is -0.338 e. The molecule has 4 aliphatic rings. The van der Waals surface area contributed by atoms with Crippen LogP contribution in [0.25, 0.3) is 0 Å². The predicted molar refractivity (Wildman–Crippen MR) is 84.0 cm³/mol. The van der Waals surface area contributed by atoms with Crippen LogP contribution in [0.3, 0.4) is 0 Å². The second kappa shape index (κ2) is 5.91. The van der Waals surface area contributed by atoms with Gasteiger partial charge in [-0.25, -0.2) is 0 Å². The number of rotatable bonds is 1. The maximum absolute atomic E-state index is 13.1. The molecule has 2 saturated heterocycles. The number of likely N-dealkylation sites (tertiary alicyclic amines) is 1. The molecule has 1 amide bonds. The van der Waals surface area contributed by atoms with Gasteiger partial charge in [-0.15, -0.1) is 0 Å².